The number of ether oxygens (including phenoxy) is 2. The number of phenols is 1. The van der Waals surface area contributed by atoms with Crippen molar-refractivity contribution >= 4 is 28.7 Å². The second kappa shape index (κ2) is 8.41. The molecule has 0 saturated carbocycles. The molecule has 0 spiro atoms. The molecule has 9 heteroatoms. The number of benzene rings is 2. The lowest BCUT2D eigenvalue weighted by atomic mass is 10.1. The minimum absolute atomic E-state index is 0.0565. The minimum atomic E-state index is -0.717. The number of hydrogen-bond acceptors (Lipinski definition) is 8. The maximum absolute atomic E-state index is 11.2. The molecule has 146 valence electrons. The smallest absolute Gasteiger partial charge is 0.315 e. The van der Waals surface area contributed by atoms with E-state index in [1.165, 1.54) is 36.7 Å². The van der Waals surface area contributed by atoms with Gasteiger partial charge in [-0.1, -0.05) is 12.1 Å². The molecule has 0 aliphatic heterocycles. The zero-order chi connectivity index (χ0) is 21.0. The first-order valence-electron chi connectivity index (χ1n) is 8.24. The van der Waals surface area contributed by atoms with Crippen LogP contribution in [0.3, 0.4) is 0 Å². The van der Waals surface area contributed by atoms with Crippen LogP contribution < -0.4 is 9.47 Å². The van der Waals surface area contributed by atoms with Crippen LogP contribution in [0.4, 0.5) is 5.69 Å². The van der Waals surface area contributed by atoms with E-state index in [2.05, 4.69) is 11.1 Å². The molecule has 2 aromatic carbocycles. The van der Waals surface area contributed by atoms with E-state index in [1.54, 1.807) is 7.11 Å². The standard InChI is InChI=1S/C20H15N3O5S/c1-27-15-5-3-4-13(9-15)16-11-29-20(22-16)14(10-21)6-12-7-17(23(25)26)19(24)18(8-12)28-2/h3-9,11,24H,1-2H3/b14-6+. The molecule has 0 atom stereocenters. The molecule has 0 aliphatic rings. The Labute approximate surface area is 170 Å². The number of hydrogen-bond donors (Lipinski definition) is 1. The maximum atomic E-state index is 11.2. The Bertz CT molecular complexity index is 1150. The second-order valence-electron chi connectivity index (χ2n) is 5.79. The Morgan fingerprint density at radius 2 is 2.10 bits per heavy atom. The van der Waals surface area contributed by atoms with E-state index in [-0.39, 0.29) is 11.3 Å². The number of allylic oxidation sites excluding steroid dienone is 1. The van der Waals surface area contributed by atoms with E-state index in [0.717, 1.165) is 5.56 Å². The Kier molecular flexibility index (Phi) is 5.76. The van der Waals surface area contributed by atoms with Gasteiger partial charge >= 0.3 is 5.69 Å². The molecular formula is C20H15N3O5S. The largest absolute Gasteiger partial charge is 0.500 e. The van der Waals surface area contributed by atoms with Gasteiger partial charge in [-0.3, -0.25) is 10.1 Å². The summed E-state index contributed by atoms with van der Waals surface area (Å²) in [6, 6.07) is 12.0. The van der Waals surface area contributed by atoms with E-state index in [4.69, 9.17) is 9.47 Å². The molecular weight excluding hydrogens is 394 g/mol. The highest BCUT2D eigenvalue weighted by Gasteiger charge is 2.20. The average Bonchev–Trinajstić information content (AvgIpc) is 3.22. The summed E-state index contributed by atoms with van der Waals surface area (Å²) < 4.78 is 10.2. The van der Waals surface area contributed by atoms with E-state index in [1.807, 2.05) is 29.6 Å². The summed E-state index contributed by atoms with van der Waals surface area (Å²) in [6.45, 7) is 0. The normalized spacial score (nSPS) is 11.0. The lowest BCUT2D eigenvalue weighted by Crippen LogP contribution is -1.93. The van der Waals surface area contributed by atoms with Crippen LogP contribution in [0.15, 0.2) is 41.8 Å². The first-order valence-corrected chi connectivity index (χ1v) is 9.12. The van der Waals surface area contributed by atoms with Gasteiger partial charge in [0.1, 0.15) is 16.8 Å². The number of aromatic hydroxyl groups is 1. The molecule has 0 fully saturated rings. The number of nitro groups is 1. The van der Waals surface area contributed by atoms with Crippen molar-refractivity contribution in [2.45, 2.75) is 0 Å². The predicted molar refractivity (Wildman–Crippen MR) is 109 cm³/mol. The summed E-state index contributed by atoms with van der Waals surface area (Å²) >= 11 is 1.28. The number of nitro benzene ring substituents is 1. The van der Waals surface area contributed by atoms with E-state index >= 15 is 0 Å². The summed E-state index contributed by atoms with van der Waals surface area (Å²) in [5, 5.41) is 32.9. The lowest BCUT2D eigenvalue weighted by molar-refractivity contribution is -0.386. The molecule has 3 aromatic rings. The van der Waals surface area contributed by atoms with Gasteiger partial charge in [-0.25, -0.2) is 4.98 Å². The van der Waals surface area contributed by atoms with E-state index in [9.17, 15) is 20.5 Å². The molecule has 0 saturated heterocycles. The van der Waals surface area contributed by atoms with Crippen LogP contribution in [-0.2, 0) is 0 Å². The third kappa shape index (κ3) is 4.17. The molecule has 8 nitrogen and oxygen atoms in total. The van der Waals surface area contributed by atoms with Crippen molar-refractivity contribution in [1.82, 2.24) is 4.98 Å². The fourth-order valence-corrected chi connectivity index (χ4v) is 3.41. The summed E-state index contributed by atoms with van der Waals surface area (Å²) in [5.41, 5.74) is 1.57. The van der Waals surface area contributed by atoms with E-state index in [0.29, 0.717) is 22.0 Å². The average molecular weight is 409 g/mol. The predicted octanol–water partition coefficient (Wildman–Crippen LogP) is 4.51. The van der Waals surface area contributed by atoms with Gasteiger partial charge in [-0.2, -0.15) is 5.26 Å². The van der Waals surface area contributed by atoms with Crippen molar-refractivity contribution in [1.29, 1.82) is 5.26 Å². The SMILES string of the molecule is COc1cccc(-c2csc(/C(C#N)=C/c3cc(OC)c(O)c([N+](=O)[O-])c3)n2)c1. The van der Waals surface area contributed by atoms with Gasteiger partial charge < -0.3 is 14.6 Å². The molecule has 0 bridgehead atoms. The highest BCUT2D eigenvalue weighted by Crippen LogP contribution is 2.38. The Morgan fingerprint density at radius 1 is 1.31 bits per heavy atom. The monoisotopic (exact) mass is 409 g/mol. The first-order chi connectivity index (χ1) is 14.0. The Balaban J connectivity index is 2.02. The topological polar surface area (TPSA) is 119 Å². The van der Waals surface area contributed by atoms with Crippen molar-refractivity contribution < 1.29 is 19.5 Å². The Hall–Kier alpha value is -3.90. The van der Waals surface area contributed by atoms with Crippen molar-refractivity contribution in [2.75, 3.05) is 14.2 Å². The van der Waals surface area contributed by atoms with Gasteiger partial charge in [0.2, 0.25) is 5.75 Å². The van der Waals surface area contributed by atoms with Crippen molar-refractivity contribution in [2.24, 2.45) is 0 Å². The quantitative estimate of drug-likeness (QED) is 0.361. The molecule has 1 N–H and O–H groups in total. The molecule has 0 radical (unpaired) electrons. The molecule has 29 heavy (non-hydrogen) atoms. The highest BCUT2D eigenvalue weighted by atomic mass is 32.1. The number of aromatic nitrogens is 1. The number of rotatable bonds is 6. The number of nitriles is 1. The van der Waals surface area contributed by atoms with Crippen molar-refractivity contribution in [3.63, 3.8) is 0 Å². The number of phenolic OH excluding ortho intramolecular Hbond substituents is 1. The summed E-state index contributed by atoms with van der Waals surface area (Å²) in [7, 11) is 2.87. The van der Waals surface area contributed by atoms with Crippen molar-refractivity contribution in [3.8, 4) is 34.6 Å². The maximum Gasteiger partial charge on any atom is 0.315 e. The van der Waals surface area contributed by atoms with Gasteiger partial charge in [-0.05, 0) is 29.8 Å². The third-order valence-corrected chi connectivity index (χ3v) is 4.90. The Morgan fingerprint density at radius 3 is 2.76 bits per heavy atom. The molecule has 1 heterocycles. The second-order valence-corrected chi connectivity index (χ2v) is 6.65. The molecule has 0 aliphatic carbocycles. The highest BCUT2D eigenvalue weighted by molar-refractivity contribution is 7.11. The first kappa shape index (κ1) is 19.9. The van der Waals surface area contributed by atoms with Crippen LogP contribution in [0.1, 0.15) is 10.6 Å². The van der Waals surface area contributed by atoms with E-state index < -0.39 is 16.4 Å². The number of nitrogens with zero attached hydrogens (tertiary/aromatic N) is 3. The van der Waals surface area contributed by atoms with Crippen molar-refractivity contribution in [3.05, 3.63) is 62.5 Å². The summed E-state index contributed by atoms with van der Waals surface area (Å²) in [6.07, 6.45) is 1.46. The zero-order valence-corrected chi connectivity index (χ0v) is 16.3. The molecule has 0 amide bonds. The van der Waals surface area contributed by atoms with Gasteiger partial charge in [-0.15, -0.1) is 11.3 Å². The molecule has 3 rings (SSSR count). The van der Waals surface area contributed by atoms with Crippen LogP contribution in [0, 0.1) is 21.4 Å². The van der Waals surface area contributed by atoms with Crippen LogP contribution >= 0.6 is 11.3 Å². The summed E-state index contributed by atoms with van der Waals surface area (Å²) in [5.74, 6) is 0.0678. The van der Waals surface area contributed by atoms with Gasteiger partial charge in [0.05, 0.1) is 30.4 Å². The fraction of sp³-hybridized carbons (Fsp3) is 0.100. The van der Waals surface area contributed by atoms with Crippen LogP contribution in [0.25, 0.3) is 22.9 Å². The molecule has 1 aromatic heterocycles. The third-order valence-electron chi connectivity index (χ3n) is 4.03. The summed E-state index contributed by atoms with van der Waals surface area (Å²) in [4.78, 5) is 14.9. The molecule has 0 unspecified atom stereocenters. The lowest BCUT2D eigenvalue weighted by Gasteiger charge is -2.05. The van der Waals surface area contributed by atoms with Gasteiger partial charge in [0.15, 0.2) is 5.75 Å². The number of methoxy groups -OCH3 is 2. The van der Waals surface area contributed by atoms with Crippen LogP contribution in [0.2, 0.25) is 0 Å². The van der Waals surface area contributed by atoms with Crippen LogP contribution in [0.5, 0.6) is 17.2 Å². The van der Waals surface area contributed by atoms with Gasteiger partial charge in [0, 0.05) is 17.0 Å². The van der Waals surface area contributed by atoms with Gasteiger partial charge in [0.25, 0.3) is 0 Å². The number of thiazole rings is 1. The fourth-order valence-electron chi connectivity index (χ4n) is 2.61. The van der Waals surface area contributed by atoms with Crippen LogP contribution in [-0.4, -0.2) is 29.2 Å². The minimum Gasteiger partial charge on any atom is -0.500 e. The zero-order valence-electron chi connectivity index (χ0n) is 15.4.